The molecular weight excluding hydrogens is 166 g/mol. The Hall–Kier alpha value is -0.120. The van der Waals surface area contributed by atoms with Crippen LogP contribution in [-0.2, 0) is 0 Å². The minimum Gasteiger partial charge on any atom is -0.396 e. The summed E-state index contributed by atoms with van der Waals surface area (Å²) >= 11 is 0. The van der Waals surface area contributed by atoms with Crippen LogP contribution >= 0.6 is 0 Å². The minimum absolute atomic E-state index is 0.217. The molecule has 80 valence electrons. The Morgan fingerprint density at radius 3 is 2.23 bits per heavy atom. The summed E-state index contributed by atoms with van der Waals surface area (Å²) in [5.41, 5.74) is 0. The molecule has 0 aromatic rings. The van der Waals surface area contributed by atoms with E-state index >= 15 is 0 Å². The SMILES string of the molecule is CC(O)C(C)N(C)CCCCCO. The molecular formula is C10H23NO2. The smallest absolute Gasteiger partial charge is 0.0664 e. The second-order valence-corrected chi connectivity index (χ2v) is 3.75. The number of aliphatic hydroxyl groups is 2. The molecule has 0 aliphatic rings. The summed E-state index contributed by atoms with van der Waals surface area (Å²) < 4.78 is 0. The molecule has 0 fully saturated rings. The monoisotopic (exact) mass is 189 g/mol. The number of hydrogen-bond acceptors (Lipinski definition) is 3. The van der Waals surface area contributed by atoms with Crippen molar-refractivity contribution in [1.82, 2.24) is 4.90 Å². The van der Waals surface area contributed by atoms with Crippen molar-refractivity contribution in [2.45, 2.75) is 45.3 Å². The summed E-state index contributed by atoms with van der Waals surface area (Å²) in [4.78, 5) is 2.15. The molecule has 0 aliphatic carbocycles. The van der Waals surface area contributed by atoms with Crippen LogP contribution in [0, 0.1) is 0 Å². The fraction of sp³-hybridized carbons (Fsp3) is 1.00. The van der Waals surface area contributed by atoms with Crippen molar-refractivity contribution in [3.8, 4) is 0 Å². The molecule has 0 amide bonds. The van der Waals surface area contributed by atoms with Gasteiger partial charge in [0.2, 0.25) is 0 Å². The second-order valence-electron chi connectivity index (χ2n) is 3.75. The predicted octanol–water partition coefficient (Wildman–Crippen LogP) is 0.850. The van der Waals surface area contributed by atoms with E-state index in [9.17, 15) is 5.11 Å². The molecule has 0 radical (unpaired) electrons. The summed E-state index contributed by atoms with van der Waals surface area (Å²) in [6.07, 6.45) is 2.76. The van der Waals surface area contributed by atoms with Crippen LogP contribution in [0.5, 0.6) is 0 Å². The van der Waals surface area contributed by atoms with Crippen LogP contribution in [0.25, 0.3) is 0 Å². The average molecular weight is 189 g/mol. The van der Waals surface area contributed by atoms with E-state index in [4.69, 9.17) is 5.11 Å². The summed E-state index contributed by atoms with van der Waals surface area (Å²) in [7, 11) is 2.02. The Kier molecular flexibility index (Phi) is 7.23. The van der Waals surface area contributed by atoms with Crippen LogP contribution in [0.3, 0.4) is 0 Å². The molecule has 0 heterocycles. The third kappa shape index (κ3) is 6.02. The van der Waals surface area contributed by atoms with E-state index < -0.39 is 0 Å². The van der Waals surface area contributed by atoms with Crippen molar-refractivity contribution in [3.05, 3.63) is 0 Å². The molecule has 2 N–H and O–H groups in total. The van der Waals surface area contributed by atoms with E-state index in [2.05, 4.69) is 4.90 Å². The van der Waals surface area contributed by atoms with Gasteiger partial charge in [0.15, 0.2) is 0 Å². The van der Waals surface area contributed by atoms with Gasteiger partial charge >= 0.3 is 0 Å². The third-order valence-electron chi connectivity index (χ3n) is 2.56. The van der Waals surface area contributed by atoms with E-state index in [-0.39, 0.29) is 18.8 Å². The van der Waals surface area contributed by atoms with Crippen LogP contribution in [0.15, 0.2) is 0 Å². The molecule has 13 heavy (non-hydrogen) atoms. The zero-order valence-electron chi connectivity index (χ0n) is 9.03. The molecule has 0 rings (SSSR count). The predicted molar refractivity (Wildman–Crippen MR) is 54.7 cm³/mol. The van der Waals surface area contributed by atoms with E-state index in [1.807, 2.05) is 20.9 Å². The van der Waals surface area contributed by atoms with Crippen molar-refractivity contribution in [3.63, 3.8) is 0 Å². The van der Waals surface area contributed by atoms with Gasteiger partial charge in [0.05, 0.1) is 6.10 Å². The number of likely N-dealkylation sites (N-methyl/N-ethyl adjacent to an activating group) is 1. The summed E-state index contributed by atoms with van der Waals surface area (Å²) in [5.74, 6) is 0. The Morgan fingerprint density at radius 1 is 1.15 bits per heavy atom. The van der Waals surface area contributed by atoms with Crippen molar-refractivity contribution >= 4 is 0 Å². The molecule has 0 aromatic carbocycles. The van der Waals surface area contributed by atoms with Gasteiger partial charge in [0.1, 0.15) is 0 Å². The summed E-state index contributed by atoms with van der Waals surface area (Å²) in [6, 6.07) is 0.217. The first-order valence-electron chi connectivity index (χ1n) is 5.08. The molecule has 0 bridgehead atoms. The minimum atomic E-state index is -0.275. The largest absolute Gasteiger partial charge is 0.396 e. The Bertz CT molecular complexity index is 117. The van der Waals surface area contributed by atoms with E-state index in [0.29, 0.717) is 0 Å². The van der Waals surface area contributed by atoms with E-state index in [1.165, 1.54) is 0 Å². The zero-order valence-corrected chi connectivity index (χ0v) is 9.03. The lowest BCUT2D eigenvalue weighted by Gasteiger charge is -2.26. The number of rotatable bonds is 7. The van der Waals surface area contributed by atoms with Gasteiger partial charge < -0.3 is 15.1 Å². The highest BCUT2D eigenvalue weighted by Gasteiger charge is 2.13. The second kappa shape index (κ2) is 7.30. The Balaban J connectivity index is 3.44. The fourth-order valence-corrected chi connectivity index (χ4v) is 1.22. The molecule has 0 saturated carbocycles. The van der Waals surface area contributed by atoms with Crippen molar-refractivity contribution in [2.24, 2.45) is 0 Å². The highest BCUT2D eigenvalue weighted by molar-refractivity contribution is 4.68. The zero-order chi connectivity index (χ0) is 10.3. The summed E-state index contributed by atoms with van der Waals surface area (Å²) in [5, 5.41) is 17.9. The first-order valence-corrected chi connectivity index (χ1v) is 5.08. The van der Waals surface area contributed by atoms with Crippen LogP contribution in [-0.4, -0.2) is 47.5 Å². The topological polar surface area (TPSA) is 43.7 Å². The molecule has 0 spiro atoms. The highest BCUT2D eigenvalue weighted by atomic mass is 16.3. The lowest BCUT2D eigenvalue weighted by Crippen LogP contribution is -2.37. The normalized spacial score (nSPS) is 16.2. The first kappa shape index (κ1) is 12.9. The van der Waals surface area contributed by atoms with Crippen molar-refractivity contribution in [1.29, 1.82) is 0 Å². The number of hydrogen-bond donors (Lipinski definition) is 2. The van der Waals surface area contributed by atoms with Crippen LogP contribution in [0.4, 0.5) is 0 Å². The van der Waals surface area contributed by atoms with Gasteiger partial charge in [-0.3, -0.25) is 0 Å². The van der Waals surface area contributed by atoms with E-state index in [0.717, 1.165) is 25.8 Å². The average Bonchev–Trinajstić information content (AvgIpc) is 2.10. The van der Waals surface area contributed by atoms with Gasteiger partial charge in [0, 0.05) is 12.6 Å². The van der Waals surface area contributed by atoms with Gasteiger partial charge in [0.25, 0.3) is 0 Å². The lowest BCUT2D eigenvalue weighted by molar-refractivity contribution is 0.0854. The van der Waals surface area contributed by atoms with Crippen LogP contribution < -0.4 is 0 Å². The molecule has 3 nitrogen and oxygen atoms in total. The number of nitrogens with zero attached hydrogens (tertiary/aromatic N) is 1. The standard InChI is InChI=1S/C10H23NO2/c1-9(10(2)13)11(3)7-5-4-6-8-12/h9-10,12-13H,4-8H2,1-3H3. The van der Waals surface area contributed by atoms with Crippen LogP contribution in [0.2, 0.25) is 0 Å². The fourth-order valence-electron chi connectivity index (χ4n) is 1.22. The van der Waals surface area contributed by atoms with Gasteiger partial charge in [-0.25, -0.2) is 0 Å². The molecule has 2 unspecified atom stereocenters. The quantitative estimate of drug-likeness (QED) is 0.584. The Labute approximate surface area is 81.4 Å². The van der Waals surface area contributed by atoms with Crippen LogP contribution in [0.1, 0.15) is 33.1 Å². The molecule has 0 aromatic heterocycles. The third-order valence-corrected chi connectivity index (χ3v) is 2.56. The maximum atomic E-state index is 9.31. The first-order chi connectivity index (χ1) is 6.09. The lowest BCUT2D eigenvalue weighted by atomic mass is 10.1. The molecule has 3 heteroatoms. The molecule has 2 atom stereocenters. The number of unbranched alkanes of at least 4 members (excludes halogenated alkanes) is 2. The molecule has 0 saturated heterocycles. The number of aliphatic hydroxyl groups excluding tert-OH is 2. The molecule has 0 aliphatic heterocycles. The summed E-state index contributed by atoms with van der Waals surface area (Å²) in [6.45, 7) is 5.12. The van der Waals surface area contributed by atoms with Crippen molar-refractivity contribution < 1.29 is 10.2 Å². The van der Waals surface area contributed by atoms with Gasteiger partial charge in [-0.05, 0) is 46.7 Å². The van der Waals surface area contributed by atoms with Gasteiger partial charge in [-0.15, -0.1) is 0 Å². The maximum Gasteiger partial charge on any atom is 0.0664 e. The van der Waals surface area contributed by atoms with Gasteiger partial charge in [-0.2, -0.15) is 0 Å². The van der Waals surface area contributed by atoms with Crippen molar-refractivity contribution in [2.75, 3.05) is 20.2 Å². The maximum absolute atomic E-state index is 9.31. The van der Waals surface area contributed by atoms with Gasteiger partial charge in [-0.1, -0.05) is 0 Å². The Morgan fingerprint density at radius 2 is 1.77 bits per heavy atom. The highest BCUT2D eigenvalue weighted by Crippen LogP contribution is 2.04. The van der Waals surface area contributed by atoms with E-state index in [1.54, 1.807) is 0 Å².